The molecule has 1 saturated heterocycles. The number of carbonyl (C=O) groups is 1. The Bertz CT molecular complexity index is 454. The summed E-state index contributed by atoms with van der Waals surface area (Å²) in [6.07, 6.45) is -0.300. The predicted molar refractivity (Wildman–Crippen MR) is 75.1 cm³/mol. The number of hydrogen-bond acceptors (Lipinski definition) is 4. The molecule has 0 bridgehead atoms. The number of carbonyl (C=O) groups excluding carboxylic acids is 1. The fourth-order valence-electron chi connectivity index (χ4n) is 2.03. The number of thioether (sulfide) groups is 1. The van der Waals surface area contributed by atoms with Crippen LogP contribution in [0.25, 0.3) is 0 Å². The molecule has 0 spiro atoms. The van der Waals surface area contributed by atoms with Crippen molar-refractivity contribution in [2.45, 2.75) is 24.0 Å². The lowest BCUT2D eigenvalue weighted by Crippen LogP contribution is -2.52. The van der Waals surface area contributed by atoms with Crippen LogP contribution in [-0.4, -0.2) is 53.6 Å². The third kappa shape index (κ3) is 3.94. The fourth-order valence-corrected chi connectivity index (χ4v) is 2.82. The Balaban J connectivity index is 1.88. The number of amides is 1. The third-order valence-electron chi connectivity index (χ3n) is 3.21. The highest BCUT2D eigenvalue weighted by Crippen LogP contribution is 2.20. The molecule has 1 aromatic rings. The molecule has 1 heterocycles. The molecule has 0 aliphatic carbocycles. The van der Waals surface area contributed by atoms with Crippen LogP contribution in [0.2, 0.25) is 0 Å². The van der Waals surface area contributed by atoms with Gasteiger partial charge in [-0.3, -0.25) is 4.79 Å². The number of aliphatic hydroxyl groups excluding tert-OH is 1. The van der Waals surface area contributed by atoms with Crippen molar-refractivity contribution >= 4 is 17.7 Å². The van der Waals surface area contributed by atoms with Crippen LogP contribution in [0.1, 0.15) is 6.92 Å². The van der Waals surface area contributed by atoms with Crippen molar-refractivity contribution in [3.8, 4) is 0 Å². The van der Waals surface area contributed by atoms with E-state index in [1.54, 1.807) is 17.0 Å². The van der Waals surface area contributed by atoms with Crippen molar-refractivity contribution in [2.75, 3.05) is 25.5 Å². The SMILES string of the molecule is CC1COC(CO)CN1C(=O)CSc1ccc(F)cc1. The first-order valence-electron chi connectivity index (χ1n) is 6.50. The van der Waals surface area contributed by atoms with E-state index in [1.165, 1.54) is 23.9 Å². The second-order valence-corrected chi connectivity index (χ2v) is 5.82. The van der Waals surface area contributed by atoms with E-state index in [0.29, 0.717) is 18.9 Å². The van der Waals surface area contributed by atoms with Gasteiger partial charge >= 0.3 is 0 Å². The van der Waals surface area contributed by atoms with E-state index in [1.807, 2.05) is 6.92 Å². The van der Waals surface area contributed by atoms with Crippen LogP contribution in [0.5, 0.6) is 0 Å². The number of halogens is 1. The van der Waals surface area contributed by atoms with E-state index < -0.39 is 0 Å². The van der Waals surface area contributed by atoms with Crippen LogP contribution in [-0.2, 0) is 9.53 Å². The molecule has 6 heteroatoms. The Kier molecular flexibility index (Phi) is 5.39. The highest BCUT2D eigenvalue weighted by molar-refractivity contribution is 8.00. The minimum atomic E-state index is -0.300. The molecule has 1 N–H and O–H groups in total. The Morgan fingerprint density at radius 3 is 2.85 bits per heavy atom. The lowest BCUT2D eigenvalue weighted by Gasteiger charge is -2.37. The van der Waals surface area contributed by atoms with Crippen molar-refractivity contribution in [2.24, 2.45) is 0 Å². The highest BCUT2D eigenvalue weighted by Gasteiger charge is 2.28. The molecule has 1 aliphatic rings. The summed E-state index contributed by atoms with van der Waals surface area (Å²) in [5, 5.41) is 9.11. The maximum absolute atomic E-state index is 12.8. The molecule has 1 amide bonds. The molecule has 1 fully saturated rings. The van der Waals surface area contributed by atoms with Crippen LogP contribution in [0.4, 0.5) is 4.39 Å². The van der Waals surface area contributed by atoms with Crippen molar-refractivity contribution < 1.29 is 19.0 Å². The van der Waals surface area contributed by atoms with Gasteiger partial charge in [-0.25, -0.2) is 4.39 Å². The van der Waals surface area contributed by atoms with Crippen LogP contribution in [0, 0.1) is 5.82 Å². The molecular formula is C14H18FNO3S. The zero-order chi connectivity index (χ0) is 14.5. The summed E-state index contributed by atoms with van der Waals surface area (Å²) in [5.74, 6) is 0.0236. The number of rotatable bonds is 4. The minimum absolute atomic E-state index is 0.00794. The zero-order valence-electron chi connectivity index (χ0n) is 11.3. The molecule has 1 aromatic carbocycles. The van der Waals surface area contributed by atoms with Gasteiger partial charge in [-0.15, -0.1) is 11.8 Å². The van der Waals surface area contributed by atoms with Gasteiger partial charge in [-0.1, -0.05) is 0 Å². The van der Waals surface area contributed by atoms with Crippen molar-refractivity contribution in [1.82, 2.24) is 4.90 Å². The highest BCUT2D eigenvalue weighted by atomic mass is 32.2. The summed E-state index contributed by atoms with van der Waals surface area (Å²) in [5.41, 5.74) is 0. The maximum Gasteiger partial charge on any atom is 0.233 e. The summed E-state index contributed by atoms with van der Waals surface area (Å²) in [7, 11) is 0. The molecular weight excluding hydrogens is 281 g/mol. The quantitative estimate of drug-likeness (QED) is 0.857. The monoisotopic (exact) mass is 299 g/mol. The molecule has 2 unspecified atom stereocenters. The number of morpholine rings is 1. The molecule has 0 radical (unpaired) electrons. The van der Waals surface area contributed by atoms with Crippen LogP contribution in [0.3, 0.4) is 0 Å². The molecule has 4 nitrogen and oxygen atoms in total. The fraction of sp³-hybridized carbons (Fsp3) is 0.500. The predicted octanol–water partition coefficient (Wildman–Crippen LogP) is 1.53. The average molecular weight is 299 g/mol. The van der Waals surface area contributed by atoms with Gasteiger partial charge in [0.15, 0.2) is 0 Å². The molecule has 2 atom stereocenters. The van der Waals surface area contributed by atoms with Gasteiger partial charge in [0.05, 0.1) is 31.1 Å². The third-order valence-corrected chi connectivity index (χ3v) is 4.20. The standard InChI is InChI=1S/C14H18FNO3S/c1-10-8-19-12(7-17)6-16(10)14(18)9-20-13-4-2-11(15)3-5-13/h2-5,10,12,17H,6-9H2,1H3. The summed E-state index contributed by atoms with van der Waals surface area (Å²) < 4.78 is 18.2. The largest absolute Gasteiger partial charge is 0.394 e. The van der Waals surface area contributed by atoms with Gasteiger partial charge in [0.25, 0.3) is 0 Å². The number of hydrogen-bond donors (Lipinski definition) is 1. The van der Waals surface area contributed by atoms with Gasteiger partial charge in [0.2, 0.25) is 5.91 Å². The maximum atomic E-state index is 12.8. The molecule has 0 aromatic heterocycles. The van der Waals surface area contributed by atoms with Crippen molar-refractivity contribution in [3.63, 3.8) is 0 Å². The number of benzene rings is 1. The second kappa shape index (κ2) is 7.06. The molecule has 110 valence electrons. The lowest BCUT2D eigenvalue weighted by molar-refractivity contribution is -0.143. The first-order valence-corrected chi connectivity index (χ1v) is 7.49. The molecule has 1 aliphatic heterocycles. The number of nitrogens with zero attached hydrogens (tertiary/aromatic N) is 1. The van der Waals surface area contributed by atoms with Gasteiger partial charge in [0.1, 0.15) is 5.82 Å². The molecule has 2 rings (SSSR count). The first kappa shape index (κ1) is 15.3. The smallest absolute Gasteiger partial charge is 0.233 e. The van der Waals surface area contributed by atoms with Crippen LogP contribution < -0.4 is 0 Å². The van der Waals surface area contributed by atoms with Crippen molar-refractivity contribution in [1.29, 1.82) is 0 Å². The number of ether oxygens (including phenoxy) is 1. The van der Waals surface area contributed by atoms with Gasteiger partial charge in [-0.05, 0) is 31.2 Å². The van der Waals surface area contributed by atoms with Crippen molar-refractivity contribution in [3.05, 3.63) is 30.1 Å². The first-order chi connectivity index (χ1) is 9.60. The Morgan fingerprint density at radius 1 is 1.50 bits per heavy atom. The van der Waals surface area contributed by atoms with Crippen LogP contribution >= 0.6 is 11.8 Å². The van der Waals surface area contributed by atoms with Gasteiger partial charge in [-0.2, -0.15) is 0 Å². The van der Waals surface area contributed by atoms with E-state index in [-0.39, 0.29) is 30.5 Å². The number of aliphatic hydroxyl groups is 1. The van der Waals surface area contributed by atoms with E-state index in [4.69, 9.17) is 9.84 Å². The summed E-state index contributed by atoms with van der Waals surface area (Å²) in [6.45, 7) is 2.70. The zero-order valence-corrected chi connectivity index (χ0v) is 12.1. The topological polar surface area (TPSA) is 49.8 Å². The normalized spacial score (nSPS) is 22.9. The Hall–Kier alpha value is -1.11. The Labute approximate surface area is 121 Å². The summed E-state index contributed by atoms with van der Waals surface area (Å²) in [6, 6.07) is 6.09. The summed E-state index contributed by atoms with van der Waals surface area (Å²) >= 11 is 1.38. The van der Waals surface area contributed by atoms with Crippen LogP contribution in [0.15, 0.2) is 29.2 Å². The second-order valence-electron chi connectivity index (χ2n) is 4.78. The lowest BCUT2D eigenvalue weighted by atomic mass is 10.2. The minimum Gasteiger partial charge on any atom is -0.394 e. The molecule has 20 heavy (non-hydrogen) atoms. The van der Waals surface area contributed by atoms with E-state index >= 15 is 0 Å². The average Bonchev–Trinajstić information content (AvgIpc) is 2.47. The van der Waals surface area contributed by atoms with Gasteiger partial charge < -0.3 is 14.7 Å². The summed E-state index contributed by atoms with van der Waals surface area (Å²) in [4.78, 5) is 14.8. The Morgan fingerprint density at radius 2 is 2.20 bits per heavy atom. The molecule has 0 saturated carbocycles. The van der Waals surface area contributed by atoms with E-state index in [2.05, 4.69) is 0 Å². The van der Waals surface area contributed by atoms with Gasteiger partial charge in [0, 0.05) is 11.4 Å². The van der Waals surface area contributed by atoms with E-state index in [0.717, 1.165) is 4.90 Å². The van der Waals surface area contributed by atoms with E-state index in [9.17, 15) is 9.18 Å².